The molecule has 3 heteroatoms. The molecule has 0 aliphatic heterocycles. The van der Waals surface area contributed by atoms with Crippen LogP contribution < -0.4 is 5.73 Å². The maximum atomic E-state index is 5.54. The summed E-state index contributed by atoms with van der Waals surface area (Å²) in [6.45, 7) is 7.17. The minimum absolute atomic E-state index is 0.506. The Morgan fingerprint density at radius 2 is 2.15 bits per heavy atom. The molecule has 0 saturated carbocycles. The number of nitrogens with zero attached hydrogens (tertiary/aromatic N) is 1. The third-order valence-corrected chi connectivity index (χ3v) is 2.21. The molecule has 0 fully saturated rings. The molecule has 1 heterocycles. The number of H-pyrrole nitrogens is 1. The Bertz CT molecular complexity index is 252. The van der Waals surface area contributed by atoms with E-state index in [1.54, 1.807) is 0 Å². The molecule has 0 aliphatic carbocycles. The Labute approximate surface area is 79.8 Å². The minimum atomic E-state index is 0.506. The fraction of sp³-hybridized carbons (Fsp3) is 0.700. The Hall–Kier alpha value is -0.830. The van der Waals surface area contributed by atoms with Crippen LogP contribution in [0.25, 0.3) is 0 Å². The number of aromatic nitrogens is 2. The predicted octanol–water partition coefficient (Wildman–Crippen LogP) is 1.67. The molecule has 0 aliphatic rings. The number of hydrogen-bond acceptors (Lipinski definition) is 2. The lowest BCUT2D eigenvalue weighted by Crippen LogP contribution is -2.13. The van der Waals surface area contributed by atoms with Crippen LogP contribution in [0, 0.1) is 5.92 Å². The van der Waals surface area contributed by atoms with Crippen molar-refractivity contribution in [3.05, 3.63) is 17.7 Å². The number of imidazole rings is 1. The van der Waals surface area contributed by atoms with Gasteiger partial charge in [0.2, 0.25) is 0 Å². The molecule has 1 aromatic rings. The van der Waals surface area contributed by atoms with Crippen molar-refractivity contribution in [1.29, 1.82) is 0 Å². The summed E-state index contributed by atoms with van der Waals surface area (Å²) in [5, 5.41) is 0. The quantitative estimate of drug-likeness (QED) is 0.742. The van der Waals surface area contributed by atoms with E-state index in [2.05, 4.69) is 30.7 Å². The molecule has 1 aromatic heterocycles. The van der Waals surface area contributed by atoms with E-state index in [-0.39, 0.29) is 0 Å². The van der Waals surface area contributed by atoms with Crippen LogP contribution >= 0.6 is 0 Å². The van der Waals surface area contributed by atoms with E-state index in [4.69, 9.17) is 5.73 Å². The van der Waals surface area contributed by atoms with Crippen LogP contribution in [0.2, 0.25) is 0 Å². The van der Waals surface area contributed by atoms with Crippen molar-refractivity contribution in [3.63, 3.8) is 0 Å². The Kier molecular flexibility index (Phi) is 3.48. The van der Waals surface area contributed by atoms with E-state index in [0.29, 0.717) is 11.8 Å². The van der Waals surface area contributed by atoms with Crippen LogP contribution in [-0.2, 0) is 6.42 Å². The fourth-order valence-electron chi connectivity index (χ4n) is 1.19. The maximum absolute atomic E-state index is 5.54. The summed E-state index contributed by atoms with van der Waals surface area (Å²) >= 11 is 0. The standard InChI is InChI=1S/C10H19N3/c1-7(2)9-6-12-10(13-9)4-8(3)5-11/h6-8H,4-5,11H2,1-3H3,(H,12,13). The van der Waals surface area contributed by atoms with Crippen LogP contribution in [0.3, 0.4) is 0 Å². The lowest BCUT2D eigenvalue weighted by atomic mass is 10.1. The van der Waals surface area contributed by atoms with E-state index >= 15 is 0 Å². The van der Waals surface area contributed by atoms with E-state index in [9.17, 15) is 0 Å². The van der Waals surface area contributed by atoms with Gasteiger partial charge >= 0.3 is 0 Å². The second kappa shape index (κ2) is 4.42. The highest BCUT2D eigenvalue weighted by molar-refractivity contribution is 5.05. The van der Waals surface area contributed by atoms with Crippen molar-refractivity contribution in [2.45, 2.75) is 33.1 Å². The van der Waals surface area contributed by atoms with E-state index in [1.807, 2.05) is 6.20 Å². The lowest BCUT2D eigenvalue weighted by Gasteiger charge is -2.04. The van der Waals surface area contributed by atoms with Crippen molar-refractivity contribution in [2.24, 2.45) is 11.7 Å². The first-order valence-corrected chi connectivity index (χ1v) is 4.87. The number of aromatic amines is 1. The number of nitrogens with two attached hydrogens (primary N) is 1. The van der Waals surface area contributed by atoms with Crippen molar-refractivity contribution in [1.82, 2.24) is 9.97 Å². The van der Waals surface area contributed by atoms with Crippen molar-refractivity contribution in [3.8, 4) is 0 Å². The molecule has 3 N–H and O–H groups in total. The average Bonchev–Trinajstić information content (AvgIpc) is 2.52. The normalized spacial score (nSPS) is 13.6. The van der Waals surface area contributed by atoms with Gasteiger partial charge in [0.1, 0.15) is 5.82 Å². The molecule has 0 spiro atoms. The van der Waals surface area contributed by atoms with E-state index < -0.39 is 0 Å². The second-order valence-electron chi connectivity index (χ2n) is 3.98. The molecule has 0 aromatic carbocycles. The van der Waals surface area contributed by atoms with Gasteiger partial charge in [0, 0.05) is 18.3 Å². The smallest absolute Gasteiger partial charge is 0.106 e. The zero-order valence-electron chi connectivity index (χ0n) is 8.67. The Balaban J connectivity index is 2.58. The van der Waals surface area contributed by atoms with Gasteiger partial charge < -0.3 is 10.7 Å². The third kappa shape index (κ3) is 2.84. The SMILES string of the molecule is CC(CN)Cc1ncc(C(C)C)[nH]1. The lowest BCUT2D eigenvalue weighted by molar-refractivity contribution is 0.576. The molecular weight excluding hydrogens is 162 g/mol. The summed E-state index contributed by atoms with van der Waals surface area (Å²) in [7, 11) is 0. The molecule has 0 radical (unpaired) electrons. The molecule has 0 saturated heterocycles. The van der Waals surface area contributed by atoms with Gasteiger partial charge in [-0.05, 0) is 18.4 Å². The highest BCUT2D eigenvalue weighted by Crippen LogP contribution is 2.12. The van der Waals surface area contributed by atoms with Crippen molar-refractivity contribution in [2.75, 3.05) is 6.54 Å². The largest absolute Gasteiger partial charge is 0.346 e. The van der Waals surface area contributed by atoms with Gasteiger partial charge in [0.15, 0.2) is 0 Å². The average molecular weight is 181 g/mol. The van der Waals surface area contributed by atoms with Gasteiger partial charge in [0.25, 0.3) is 0 Å². The van der Waals surface area contributed by atoms with Crippen LogP contribution in [0.15, 0.2) is 6.20 Å². The van der Waals surface area contributed by atoms with E-state index in [0.717, 1.165) is 18.8 Å². The molecule has 74 valence electrons. The zero-order valence-corrected chi connectivity index (χ0v) is 8.67. The number of rotatable bonds is 4. The van der Waals surface area contributed by atoms with Crippen molar-refractivity contribution >= 4 is 0 Å². The van der Waals surface area contributed by atoms with Crippen molar-refractivity contribution < 1.29 is 0 Å². The van der Waals surface area contributed by atoms with Crippen LogP contribution in [0.5, 0.6) is 0 Å². The summed E-state index contributed by atoms with van der Waals surface area (Å²) in [5.41, 5.74) is 6.75. The first kappa shape index (κ1) is 10.3. The molecule has 0 amide bonds. The summed E-state index contributed by atoms with van der Waals surface area (Å²) in [5.74, 6) is 2.09. The van der Waals surface area contributed by atoms with Gasteiger partial charge in [-0.3, -0.25) is 0 Å². The first-order chi connectivity index (χ1) is 6.13. The molecule has 1 atom stereocenters. The van der Waals surface area contributed by atoms with Gasteiger partial charge in [-0.15, -0.1) is 0 Å². The Morgan fingerprint density at radius 1 is 1.46 bits per heavy atom. The number of nitrogens with one attached hydrogen (secondary N) is 1. The maximum Gasteiger partial charge on any atom is 0.106 e. The Morgan fingerprint density at radius 3 is 2.62 bits per heavy atom. The summed E-state index contributed by atoms with van der Waals surface area (Å²) in [6, 6.07) is 0. The summed E-state index contributed by atoms with van der Waals surface area (Å²) in [4.78, 5) is 7.63. The molecular formula is C10H19N3. The second-order valence-corrected chi connectivity index (χ2v) is 3.98. The third-order valence-electron chi connectivity index (χ3n) is 2.21. The summed E-state index contributed by atoms with van der Waals surface area (Å²) < 4.78 is 0. The fourth-order valence-corrected chi connectivity index (χ4v) is 1.19. The molecule has 13 heavy (non-hydrogen) atoms. The monoisotopic (exact) mass is 181 g/mol. The highest BCUT2D eigenvalue weighted by atomic mass is 14.9. The molecule has 3 nitrogen and oxygen atoms in total. The first-order valence-electron chi connectivity index (χ1n) is 4.87. The topological polar surface area (TPSA) is 54.7 Å². The summed E-state index contributed by atoms with van der Waals surface area (Å²) in [6.07, 6.45) is 2.87. The van der Waals surface area contributed by atoms with Gasteiger partial charge in [-0.2, -0.15) is 0 Å². The number of hydrogen-bond donors (Lipinski definition) is 2. The van der Waals surface area contributed by atoms with Gasteiger partial charge in [-0.1, -0.05) is 20.8 Å². The molecule has 0 bridgehead atoms. The van der Waals surface area contributed by atoms with Crippen LogP contribution in [-0.4, -0.2) is 16.5 Å². The predicted molar refractivity (Wildman–Crippen MR) is 54.6 cm³/mol. The van der Waals surface area contributed by atoms with Crippen LogP contribution in [0.4, 0.5) is 0 Å². The highest BCUT2D eigenvalue weighted by Gasteiger charge is 2.06. The zero-order chi connectivity index (χ0) is 9.84. The van der Waals surface area contributed by atoms with Crippen LogP contribution in [0.1, 0.15) is 38.2 Å². The molecule has 1 unspecified atom stereocenters. The van der Waals surface area contributed by atoms with Gasteiger partial charge in [0.05, 0.1) is 0 Å². The minimum Gasteiger partial charge on any atom is -0.346 e. The van der Waals surface area contributed by atoms with Gasteiger partial charge in [-0.25, -0.2) is 4.98 Å². The molecule has 1 rings (SSSR count). The van der Waals surface area contributed by atoms with E-state index in [1.165, 1.54) is 5.69 Å².